The number of para-hydroxylation sites is 1. The van der Waals surface area contributed by atoms with Gasteiger partial charge >= 0.3 is 0 Å². The monoisotopic (exact) mass is 344 g/mol. The van der Waals surface area contributed by atoms with Crippen LogP contribution in [0.1, 0.15) is 5.76 Å². The third kappa shape index (κ3) is 3.47. The van der Waals surface area contributed by atoms with Gasteiger partial charge in [-0.3, -0.25) is 0 Å². The number of hydrogen-bond donors (Lipinski definition) is 1. The molecular weight excluding hydrogens is 328 g/mol. The Kier molecular flexibility index (Phi) is 4.64. The van der Waals surface area contributed by atoms with Gasteiger partial charge in [0, 0.05) is 11.6 Å². The Hall–Kier alpha value is -2.64. The van der Waals surface area contributed by atoms with Gasteiger partial charge in [0.1, 0.15) is 16.3 Å². The summed E-state index contributed by atoms with van der Waals surface area (Å²) < 4.78 is 37.6. The SMILES string of the molecule is COc1ccccc1S(=O)(=O)NCc1cc(-c2ccccc2)no1. The molecule has 0 radical (unpaired) electrons. The Balaban J connectivity index is 1.75. The van der Waals surface area contributed by atoms with Crippen molar-refractivity contribution in [3.63, 3.8) is 0 Å². The molecule has 7 heteroatoms. The van der Waals surface area contributed by atoms with Crippen molar-refractivity contribution in [2.45, 2.75) is 11.4 Å². The van der Waals surface area contributed by atoms with Gasteiger partial charge in [0.25, 0.3) is 0 Å². The Labute approximate surface area is 140 Å². The highest BCUT2D eigenvalue weighted by Crippen LogP contribution is 2.23. The Morgan fingerprint density at radius 3 is 2.54 bits per heavy atom. The molecule has 6 nitrogen and oxygen atoms in total. The molecule has 1 heterocycles. The largest absolute Gasteiger partial charge is 0.495 e. The number of hydrogen-bond acceptors (Lipinski definition) is 5. The standard InChI is InChI=1S/C17H16N2O4S/c1-22-16-9-5-6-10-17(16)24(20,21)18-12-14-11-15(19-23-14)13-7-3-2-4-8-13/h2-11,18H,12H2,1H3. The van der Waals surface area contributed by atoms with E-state index >= 15 is 0 Å². The lowest BCUT2D eigenvalue weighted by Crippen LogP contribution is -2.23. The van der Waals surface area contributed by atoms with Gasteiger partial charge in [-0.25, -0.2) is 13.1 Å². The Morgan fingerprint density at radius 1 is 1.08 bits per heavy atom. The summed E-state index contributed by atoms with van der Waals surface area (Å²) in [6.07, 6.45) is 0. The average molecular weight is 344 g/mol. The lowest BCUT2D eigenvalue weighted by Gasteiger charge is -2.09. The number of aromatic nitrogens is 1. The molecule has 1 N–H and O–H groups in total. The first-order valence-electron chi connectivity index (χ1n) is 7.24. The van der Waals surface area contributed by atoms with E-state index in [1.165, 1.54) is 13.2 Å². The normalized spacial score (nSPS) is 11.4. The molecule has 0 unspecified atom stereocenters. The van der Waals surface area contributed by atoms with Crippen LogP contribution in [0.2, 0.25) is 0 Å². The summed E-state index contributed by atoms with van der Waals surface area (Å²) >= 11 is 0. The molecule has 0 bridgehead atoms. The number of sulfonamides is 1. The molecule has 0 aliphatic carbocycles. The minimum Gasteiger partial charge on any atom is -0.495 e. The van der Waals surface area contributed by atoms with Crippen LogP contribution in [-0.2, 0) is 16.6 Å². The van der Waals surface area contributed by atoms with Crippen LogP contribution in [0.5, 0.6) is 5.75 Å². The lowest BCUT2D eigenvalue weighted by atomic mass is 10.1. The first-order chi connectivity index (χ1) is 11.6. The zero-order valence-corrected chi connectivity index (χ0v) is 13.8. The van der Waals surface area contributed by atoms with Crippen molar-refractivity contribution < 1.29 is 17.7 Å². The second kappa shape index (κ2) is 6.86. The fourth-order valence-electron chi connectivity index (χ4n) is 2.23. The molecule has 0 saturated carbocycles. The van der Waals surface area contributed by atoms with Crippen molar-refractivity contribution in [1.29, 1.82) is 0 Å². The van der Waals surface area contributed by atoms with Gasteiger partial charge in [-0.1, -0.05) is 47.6 Å². The minimum absolute atomic E-state index is 0.000214. The molecule has 0 spiro atoms. The van der Waals surface area contributed by atoms with E-state index in [4.69, 9.17) is 9.26 Å². The molecule has 3 aromatic rings. The molecule has 1 aromatic heterocycles. The van der Waals surface area contributed by atoms with E-state index in [9.17, 15) is 8.42 Å². The van der Waals surface area contributed by atoms with Crippen LogP contribution in [0.3, 0.4) is 0 Å². The van der Waals surface area contributed by atoms with Crippen molar-refractivity contribution in [1.82, 2.24) is 9.88 Å². The lowest BCUT2D eigenvalue weighted by molar-refractivity contribution is 0.381. The van der Waals surface area contributed by atoms with Gasteiger partial charge in [-0.2, -0.15) is 0 Å². The van der Waals surface area contributed by atoms with Crippen LogP contribution < -0.4 is 9.46 Å². The number of nitrogens with one attached hydrogen (secondary N) is 1. The zero-order chi connectivity index (χ0) is 17.0. The van der Waals surface area contributed by atoms with Gasteiger partial charge in [0.2, 0.25) is 10.0 Å². The Bertz CT molecular complexity index is 921. The molecule has 24 heavy (non-hydrogen) atoms. The molecule has 0 fully saturated rings. The smallest absolute Gasteiger partial charge is 0.244 e. The summed E-state index contributed by atoms with van der Waals surface area (Å²) in [6.45, 7) is 0.000214. The maximum absolute atomic E-state index is 12.4. The first-order valence-corrected chi connectivity index (χ1v) is 8.72. The van der Waals surface area contributed by atoms with E-state index in [1.54, 1.807) is 24.3 Å². The summed E-state index contributed by atoms with van der Waals surface area (Å²) in [4.78, 5) is 0.0790. The van der Waals surface area contributed by atoms with Gasteiger partial charge in [0.05, 0.1) is 13.7 Å². The topological polar surface area (TPSA) is 81.4 Å². The van der Waals surface area contributed by atoms with Crippen LogP contribution in [0, 0.1) is 0 Å². The van der Waals surface area contributed by atoms with E-state index < -0.39 is 10.0 Å². The van der Waals surface area contributed by atoms with Crippen molar-refractivity contribution in [2.24, 2.45) is 0 Å². The van der Waals surface area contributed by atoms with Crippen molar-refractivity contribution >= 4 is 10.0 Å². The van der Waals surface area contributed by atoms with E-state index in [0.29, 0.717) is 11.5 Å². The highest BCUT2D eigenvalue weighted by Gasteiger charge is 2.19. The van der Waals surface area contributed by atoms with Gasteiger partial charge in [-0.05, 0) is 12.1 Å². The van der Waals surface area contributed by atoms with Crippen molar-refractivity contribution in [2.75, 3.05) is 7.11 Å². The molecular formula is C17H16N2O4S. The minimum atomic E-state index is -3.72. The molecule has 0 amide bonds. The van der Waals surface area contributed by atoms with E-state index in [2.05, 4.69) is 9.88 Å². The third-order valence-corrected chi connectivity index (χ3v) is 4.86. The fourth-order valence-corrected chi connectivity index (χ4v) is 3.39. The van der Waals surface area contributed by atoms with Crippen LogP contribution in [0.15, 0.2) is 70.1 Å². The van der Waals surface area contributed by atoms with Crippen LogP contribution in [0.4, 0.5) is 0 Å². The maximum atomic E-state index is 12.4. The second-order valence-corrected chi connectivity index (χ2v) is 6.76. The molecule has 0 aliphatic heterocycles. The number of ether oxygens (including phenoxy) is 1. The van der Waals surface area contributed by atoms with Crippen LogP contribution in [-0.4, -0.2) is 20.7 Å². The average Bonchev–Trinajstić information content (AvgIpc) is 3.10. The van der Waals surface area contributed by atoms with E-state index in [1.807, 2.05) is 30.3 Å². The quantitative estimate of drug-likeness (QED) is 0.743. The Morgan fingerprint density at radius 2 is 1.79 bits per heavy atom. The second-order valence-electron chi connectivity index (χ2n) is 5.02. The zero-order valence-electron chi connectivity index (χ0n) is 13.0. The highest BCUT2D eigenvalue weighted by molar-refractivity contribution is 7.89. The van der Waals surface area contributed by atoms with E-state index in [-0.39, 0.29) is 17.2 Å². The number of methoxy groups -OCH3 is 1. The van der Waals surface area contributed by atoms with Crippen LogP contribution >= 0.6 is 0 Å². The molecule has 0 atom stereocenters. The van der Waals surface area contributed by atoms with Crippen molar-refractivity contribution in [3.8, 4) is 17.0 Å². The summed E-state index contributed by atoms with van der Waals surface area (Å²) in [5.74, 6) is 0.708. The van der Waals surface area contributed by atoms with Crippen LogP contribution in [0.25, 0.3) is 11.3 Å². The fraction of sp³-hybridized carbons (Fsp3) is 0.118. The summed E-state index contributed by atoms with van der Waals surface area (Å²) in [5.41, 5.74) is 1.56. The summed E-state index contributed by atoms with van der Waals surface area (Å²) in [5, 5.41) is 3.96. The molecule has 3 rings (SSSR count). The molecule has 0 saturated heterocycles. The maximum Gasteiger partial charge on any atom is 0.244 e. The van der Waals surface area contributed by atoms with Gasteiger partial charge in [0.15, 0.2) is 5.76 Å². The number of rotatable bonds is 6. The number of nitrogens with zero attached hydrogens (tertiary/aromatic N) is 1. The third-order valence-electron chi connectivity index (χ3n) is 3.42. The van der Waals surface area contributed by atoms with Gasteiger partial charge in [-0.15, -0.1) is 0 Å². The molecule has 0 aliphatic rings. The highest BCUT2D eigenvalue weighted by atomic mass is 32.2. The molecule has 2 aromatic carbocycles. The molecule has 124 valence electrons. The predicted molar refractivity (Wildman–Crippen MR) is 89.0 cm³/mol. The van der Waals surface area contributed by atoms with E-state index in [0.717, 1.165) is 5.56 Å². The summed E-state index contributed by atoms with van der Waals surface area (Å²) in [7, 11) is -2.29. The summed E-state index contributed by atoms with van der Waals surface area (Å²) in [6, 6.07) is 17.6. The van der Waals surface area contributed by atoms with Gasteiger partial charge < -0.3 is 9.26 Å². The van der Waals surface area contributed by atoms with Crippen molar-refractivity contribution in [3.05, 3.63) is 66.4 Å². The first kappa shape index (κ1) is 16.2. The number of benzene rings is 2. The predicted octanol–water partition coefficient (Wildman–Crippen LogP) is 2.83.